The Hall–Kier alpha value is -5.32. The van der Waals surface area contributed by atoms with Gasteiger partial charge in [-0.3, -0.25) is 4.79 Å². The van der Waals surface area contributed by atoms with E-state index < -0.39 is 17.9 Å². The lowest BCUT2D eigenvalue weighted by Crippen LogP contribution is -2.10. The lowest BCUT2D eigenvalue weighted by molar-refractivity contribution is -0.138. The number of carbonyl (C=O) groups is 4. The fourth-order valence-corrected chi connectivity index (χ4v) is 3.74. The molecule has 0 saturated heterocycles. The molecular weight excluding hydrogens is 616 g/mol. The summed E-state index contributed by atoms with van der Waals surface area (Å²) in [6.45, 7) is 14.0. The maximum atomic E-state index is 12.2. The molecule has 3 aromatic rings. The Bertz CT molecular complexity index is 1450. The Labute approximate surface area is 281 Å². The van der Waals surface area contributed by atoms with E-state index in [-0.39, 0.29) is 11.7 Å². The molecule has 0 aliphatic rings. The maximum Gasteiger partial charge on any atom is 0.344 e. The fourth-order valence-electron chi connectivity index (χ4n) is 3.74. The number of ether oxygens (including phenoxy) is 5. The topological polar surface area (TPSA) is 140 Å². The zero-order chi connectivity index (χ0) is 35.1. The highest BCUT2D eigenvalue weighted by Crippen LogP contribution is 2.18. The van der Waals surface area contributed by atoms with Crippen LogP contribution in [-0.2, 0) is 19.1 Å². The predicted molar refractivity (Wildman–Crippen MR) is 180 cm³/mol. The Balaban J connectivity index is 0.000000365. The first-order valence-corrected chi connectivity index (χ1v) is 15.8. The van der Waals surface area contributed by atoms with Crippen molar-refractivity contribution in [2.24, 2.45) is 0 Å². The molecule has 3 rings (SSSR count). The molecule has 11 heteroatoms. The van der Waals surface area contributed by atoms with Gasteiger partial charge >= 0.3 is 17.9 Å². The van der Waals surface area contributed by atoms with Crippen LogP contribution in [0.15, 0.2) is 86.0 Å². The number of Topliss-reactive ketones (excluding diaryl/α,β-unsaturated/α-hetero) is 1. The highest BCUT2D eigenvalue weighted by atomic mass is 16.5. The summed E-state index contributed by atoms with van der Waals surface area (Å²) in [6, 6.07) is 17.2. The van der Waals surface area contributed by atoms with Gasteiger partial charge in [0, 0.05) is 23.8 Å². The third-order valence-electron chi connectivity index (χ3n) is 6.76. The smallest absolute Gasteiger partial charge is 0.344 e. The van der Waals surface area contributed by atoms with Crippen molar-refractivity contribution in [1.29, 1.82) is 0 Å². The fraction of sp³-hybridized carbons (Fsp3) is 0.351. The van der Waals surface area contributed by atoms with Gasteiger partial charge in [-0.15, -0.1) is 5.10 Å². The molecule has 0 aliphatic heterocycles. The van der Waals surface area contributed by atoms with Gasteiger partial charge in [-0.2, -0.15) is 5.10 Å². The van der Waals surface area contributed by atoms with Crippen LogP contribution >= 0.6 is 0 Å². The van der Waals surface area contributed by atoms with Crippen molar-refractivity contribution in [3.8, 4) is 17.4 Å². The Morgan fingerprint density at radius 2 is 1.17 bits per heavy atom. The molecular formula is C37H44N2O9. The van der Waals surface area contributed by atoms with Gasteiger partial charge in [0.25, 0.3) is 0 Å². The van der Waals surface area contributed by atoms with E-state index in [1.165, 1.54) is 6.92 Å². The van der Waals surface area contributed by atoms with E-state index >= 15 is 0 Å². The van der Waals surface area contributed by atoms with E-state index in [1.54, 1.807) is 54.6 Å². The average Bonchev–Trinajstić information content (AvgIpc) is 3.11. The standard InChI is InChI=1S/C22H26N2O5.C15H18O4/c1-4-16(3)19-12-13-20(24-23-19)29-22(26)17-8-10-18(11-9-17)27-14-6-7-15-28-21(25)5-2;1-3-15(17)19-11-5-4-10-18-14-8-6-13(7-9-14)12(2)16/h5,8-13,16H,2,4,6-7,14-15H2,1,3H3;3,6-9H,1,4-5,10-11H2,2H3. The summed E-state index contributed by atoms with van der Waals surface area (Å²) < 4.78 is 26.1. The highest BCUT2D eigenvalue weighted by Gasteiger charge is 2.12. The summed E-state index contributed by atoms with van der Waals surface area (Å²) in [5, 5.41) is 8.06. The lowest BCUT2D eigenvalue weighted by Gasteiger charge is -2.08. The van der Waals surface area contributed by atoms with Crippen LogP contribution in [0.4, 0.5) is 0 Å². The molecule has 0 bridgehead atoms. The molecule has 1 unspecified atom stereocenters. The van der Waals surface area contributed by atoms with E-state index in [1.807, 2.05) is 6.07 Å². The van der Waals surface area contributed by atoms with Crippen LogP contribution in [0, 0.1) is 0 Å². The summed E-state index contributed by atoms with van der Waals surface area (Å²) in [4.78, 5) is 45.0. The van der Waals surface area contributed by atoms with E-state index in [4.69, 9.17) is 23.7 Å². The molecule has 0 N–H and O–H groups in total. The zero-order valence-corrected chi connectivity index (χ0v) is 27.9. The predicted octanol–water partition coefficient (Wildman–Crippen LogP) is 6.87. The number of unbranched alkanes of at least 4 members (excludes halogenated alkanes) is 2. The highest BCUT2D eigenvalue weighted by molar-refractivity contribution is 5.94. The van der Waals surface area contributed by atoms with E-state index in [0.717, 1.165) is 49.3 Å². The minimum Gasteiger partial charge on any atom is -0.494 e. The van der Waals surface area contributed by atoms with Crippen molar-refractivity contribution >= 4 is 23.7 Å². The van der Waals surface area contributed by atoms with Crippen molar-refractivity contribution < 1.29 is 42.9 Å². The van der Waals surface area contributed by atoms with Gasteiger partial charge in [-0.05, 0) is 99.5 Å². The van der Waals surface area contributed by atoms with Gasteiger partial charge in [0.2, 0.25) is 5.88 Å². The minimum absolute atomic E-state index is 0.0376. The minimum atomic E-state index is -0.508. The van der Waals surface area contributed by atoms with Gasteiger partial charge in [-0.25, -0.2) is 14.4 Å². The van der Waals surface area contributed by atoms with Crippen molar-refractivity contribution in [2.75, 3.05) is 26.4 Å². The van der Waals surface area contributed by atoms with E-state index in [0.29, 0.717) is 55.6 Å². The lowest BCUT2D eigenvalue weighted by atomic mass is 10.1. The summed E-state index contributed by atoms with van der Waals surface area (Å²) >= 11 is 0. The quantitative estimate of drug-likeness (QED) is 0.0575. The van der Waals surface area contributed by atoms with Gasteiger partial charge in [0.05, 0.1) is 37.7 Å². The molecule has 11 nitrogen and oxygen atoms in total. The van der Waals surface area contributed by atoms with Crippen LogP contribution in [0.1, 0.15) is 85.2 Å². The van der Waals surface area contributed by atoms with E-state index in [2.05, 4.69) is 37.2 Å². The number of aromatic nitrogens is 2. The van der Waals surface area contributed by atoms with Crippen LogP contribution < -0.4 is 14.2 Å². The van der Waals surface area contributed by atoms with Crippen molar-refractivity contribution in [1.82, 2.24) is 10.2 Å². The SMILES string of the molecule is C=CC(=O)OCCCCOc1ccc(C(=O)Oc2ccc(C(C)CC)nn2)cc1.C=CC(=O)OCCCCOc1ccc(C(C)=O)cc1. The third-order valence-corrected chi connectivity index (χ3v) is 6.76. The molecule has 0 fully saturated rings. The Morgan fingerprint density at radius 3 is 1.58 bits per heavy atom. The summed E-state index contributed by atoms with van der Waals surface area (Å²) in [6.07, 6.45) is 6.21. The normalized spacial score (nSPS) is 10.7. The average molecular weight is 661 g/mol. The molecule has 0 spiro atoms. The number of carbonyl (C=O) groups excluding carboxylic acids is 4. The maximum absolute atomic E-state index is 12.2. The molecule has 1 aromatic heterocycles. The monoisotopic (exact) mass is 660 g/mol. The summed E-state index contributed by atoms with van der Waals surface area (Å²) in [7, 11) is 0. The molecule has 48 heavy (non-hydrogen) atoms. The molecule has 1 heterocycles. The van der Waals surface area contributed by atoms with Gasteiger partial charge < -0.3 is 23.7 Å². The Morgan fingerprint density at radius 1 is 0.688 bits per heavy atom. The van der Waals surface area contributed by atoms with Crippen LogP contribution in [0.3, 0.4) is 0 Å². The second-order valence-corrected chi connectivity index (χ2v) is 10.5. The third kappa shape index (κ3) is 15.3. The second-order valence-electron chi connectivity index (χ2n) is 10.5. The number of nitrogens with zero attached hydrogens (tertiary/aromatic N) is 2. The van der Waals surface area contributed by atoms with Crippen LogP contribution in [0.25, 0.3) is 0 Å². The zero-order valence-electron chi connectivity index (χ0n) is 27.9. The van der Waals surface area contributed by atoms with Crippen molar-refractivity contribution in [2.45, 2.75) is 58.8 Å². The van der Waals surface area contributed by atoms with Crippen LogP contribution in [-0.4, -0.2) is 60.3 Å². The van der Waals surface area contributed by atoms with Gasteiger partial charge in [0.15, 0.2) is 5.78 Å². The summed E-state index contributed by atoms with van der Waals surface area (Å²) in [5.74, 6) is 0.547. The van der Waals surface area contributed by atoms with E-state index in [9.17, 15) is 19.2 Å². The molecule has 1 atom stereocenters. The first-order valence-electron chi connectivity index (χ1n) is 15.8. The first-order chi connectivity index (χ1) is 23.2. The van der Waals surface area contributed by atoms with Crippen LogP contribution in [0.5, 0.6) is 17.4 Å². The van der Waals surface area contributed by atoms with Crippen molar-refractivity contribution in [3.05, 3.63) is 103 Å². The number of ketones is 1. The molecule has 256 valence electrons. The molecule has 0 amide bonds. The van der Waals surface area contributed by atoms with Crippen LogP contribution in [0.2, 0.25) is 0 Å². The largest absolute Gasteiger partial charge is 0.494 e. The summed E-state index contributed by atoms with van der Waals surface area (Å²) in [5.41, 5.74) is 1.93. The number of esters is 3. The second kappa shape index (κ2) is 22.2. The van der Waals surface area contributed by atoms with Gasteiger partial charge in [-0.1, -0.05) is 27.0 Å². The molecule has 0 saturated carbocycles. The Kier molecular flexibility index (Phi) is 18.0. The number of benzene rings is 2. The number of rotatable bonds is 19. The molecule has 0 aliphatic carbocycles. The first kappa shape index (κ1) is 38.9. The molecule has 2 aromatic carbocycles. The number of hydrogen-bond donors (Lipinski definition) is 0. The van der Waals surface area contributed by atoms with Gasteiger partial charge in [0.1, 0.15) is 11.5 Å². The number of hydrogen-bond acceptors (Lipinski definition) is 11. The van der Waals surface area contributed by atoms with Crippen molar-refractivity contribution in [3.63, 3.8) is 0 Å². The molecule has 0 radical (unpaired) electrons.